The van der Waals surface area contributed by atoms with Crippen LogP contribution in [0.2, 0.25) is 0 Å². The Morgan fingerprint density at radius 3 is 2.45 bits per heavy atom. The minimum Gasteiger partial charge on any atom is -0.318 e. The maximum Gasteiger partial charge on any atom is 0.326 e. The van der Waals surface area contributed by atoms with Crippen LogP contribution in [-0.2, 0) is 0 Å². The van der Waals surface area contributed by atoms with Crippen molar-refractivity contribution in [1.82, 2.24) is 9.97 Å². The van der Waals surface area contributed by atoms with Gasteiger partial charge in [-0.05, 0) is 22.0 Å². The molecule has 1 aromatic heterocycles. The van der Waals surface area contributed by atoms with Crippen molar-refractivity contribution >= 4 is 27.5 Å². The molecule has 0 saturated carbocycles. The molecule has 3 N–H and O–H groups in total. The summed E-state index contributed by atoms with van der Waals surface area (Å²) >= 11 is 2.79. The standard InChI is InChI=1S/C11H6BrF2N3O3/c12-4-1-6(14)7(2-5(4)13)15-10(19)8-3-9(18)17-11(20)16-8/h1-3H,(H,15,19)(H2,16,17,18,20). The van der Waals surface area contributed by atoms with Crippen LogP contribution in [0.15, 0.2) is 32.3 Å². The summed E-state index contributed by atoms with van der Waals surface area (Å²) in [5.41, 5.74) is -2.47. The first kappa shape index (κ1) is 14.1. The highest BCUT2D eigenvalue weighted by atomic mass is 79.9. The van der Waals surface area contributed by atoms with Gasteiger partial charge in [-0.25, -0.2) is 13.6 Å². The zero-order valence-corrected chi connectivity index (χ0v) is 11.2. The number of hydrogen-bond acceptors (Lipinski definition) is 3. The van der Waals surface area contributed by atoms with Crippen molar-refractivity contribution in [1.29, 1.82) is 0 Å². The van der Waals surface area contributed by atoms with E-state index < -0.39 is 34.5 Å². The molecule has 104 valence electrons. The van der Waals surface area contributed by atoms with Gasteiger partial charge in [-0.15, -0.1) is 0 Å². The van der Waals surface area contributed by atoms with Gasteiger partial charge in [0.25, 0.3) is 11.5 Å². The minimum atomic E-state index is -0.950. The van der Waals surface area contributed by atoms with Crippen LogP contribution in [0.25, 0.3) is 0 Å². The van der Waals surface area contributed by atoms with E-state index >= 15 is 0 Å². The lowest BCUT2D eigenvalue weighted by molar-refractivity contribution is 0.102. The Labute approximate surface area is 118 Å². The van der Waals surface area contributed by atoms with E-state index in [9.17, 15) is 23.2 Å². The molecule has 0 aliphatic heterocycles. The predicted octanol–water partition coefficient (Wildman–Crippen LogP) is 1.36. The molecule has 0 saturated heterocycles. The number of carbonyl (C=O) groups excluding carboxylic acids is 1. The molecular weight excluding hydrogens is 340 g/mol. The Balaban J connectivity index is 2.35. The SMILES string of the molecule is O=C(Nc1cc(F)c(Br)cc1F)c1cc(=O)[nH]c(=O)[nH]1. The number of nitrogens with one attached hydrogen (secondary N) is 3. The molecule has 0 fully saturated rings. The highest BCUT2D eigenvalue weighted by Crippen LogP contribution is 2.23. The number of carbonyl (C=O) groups is 1. The number of halogens is 3. The fourth-order valence-corrected chi connectivity index (χ4v) is 1.71. The number of amides is 1. The van der Waals surface area contributed by atoms with Crippen molar-refractivity contribution in [3.05, 3.63) is 60.8 Å². The Kier molecular flexibility index (Phi) is 3.79. The Hall–Kier alpha value is -2.29. The first-order valence-corrected chi connectivity index (χ1v) is 5.95. The molecule has 0 unspecified atom stereocenters. The minimum absolute atomic E-state index is 0.0995. The molecule has 6 nitrogen and oxygen atoms in total. The van der Waals surface area contributed by atoms with Crippen molar-refractivity contribution in [2.75, 3.05) is 5.32 Å². The highest BCUT2D eigenvalue weighted by molar-refractivity contribution is 9.10. The average molecular weight is 346 g/mol. The summed E-state index contributed by atoms with van der Waals surface area (Å²) in [5, 5.41) is 2.05. The van der Waals surface area contributed by atoms with E-state index in [2.05, 4.69) is 26.2 Å². The van der Waals surface area contributed by atoms with Crippen LogP contribution in [0.5, 0.6) is 0 Å². The second kappa shape index (κ2) is 5.37. The molecule has 9 heteroatoms. The molecule has 0 spiro atoms. The third-order valence-electron chi connectivity index (χ3n) is 2.26. The molecule has 0 aliphatic rings. The number of aromatic nitrogens is 2. The van der Waals surface area contributed by atoms with Gasteiger partial charge >= 0.3 is 5.69 Å². The van der Waals surface area contributed by atoms with Crippen LogP contribution in [0.3, 0.4) is 0 Å². The Bertz CT molecular complexity index is 772. The van der Waals surface area contributed by atoms with Crippen molar-refractivity contribution in [3.8, 4) is 0 Å². The number of rotatable bonds is 2. The van der Waals surface area contributed by atoms with Crippen molar-refractivity contribution in [3.63, 3.8) is 0 Å². The third-order valence-corrected chi connectivity index (χ3v) is 2.87. The van der Waals surface area contributed by atoms with Crippen LogP contribution in [0.4, 0.5) is 14.5 Å². The van der Waals surface area contributed by atoms with Gasteiger partial charge in [-0.1, -0.05) is 0 Å². The van der Waals surface area contributed by atoms with Crippen LogP contribution in [0, 0.1) is 11.6 Å². The van der Waals surface area contributed by atoms with Gasteiger partial charge in [-0.2, -0.15) is 0 Å². The monoisotopic (exact) mass is 345 g/mol. The van der Waals surface area contributed by atoms with Crippen LogP contribution >= 0.6 is 15.9 Å². The molecule has 2 rings (SSSR count). The Morgan fingerprint density at radius 1 is 1.10 bits per heavy atom. The fourth-order valence-electron chi connectivity index (χ4n) is 1.40. The summed E-state index contributed by atoms with van der Waals surface area (Å²) in [6.45, 7) is 0. The number of H-pyrrole nitrogens is 2. The predicted molar refractivity (Wildman–Crippen MR) is 69.7 cm³/mol. The number of aromatic amines is 2. The summed E-state index contributed by atoms with van der Waals surface area (Å²) in [6.07, 6.45) is 0. The first-order chi connectivity index (χ1) is 9.36. The summed E-state index contributed by atoms with van der Waals surface area (Å²) in [6, 6.07) is 2.43. The summed E-state index contributed by atoms with van der Waals surface area (Å²) in [5.74, 6) is -2.60. The maximum atomic E-state index is 13.5. The Morgan fingerprint density at radius 2 is 1.80 bits per heavy atom. The van der Waals surface area contributed by atoms with E-state index in [4.69, 9.17) is 0 Å². The van der Waals surface area contributed by atoms with Gasteiger partial charge in [0.05, 0.1) is 10.2 Å². The largest absolute Gasteiger partial charge is 0.326 e. The summed E-state index contributed by atoms with van der Waals surface area (Å²) in [4.78, 5) is 37.7. The summed E-state index contributed by atoms with van der Waals surface area (Å²) in [7, 11) is 0. The molecule has 0 atom stereocenters. The lowest BCUT2D eigenvalue weighted by Gasteiger charge is -2.07. The molecule has 1 amide bonds. The van der Waals surface area contributed by atoms with E-state index in [1.54, 1.807) is 0 Å². The van der Waals surface area contributed by atoms with Gasteiger partial charge in [0.15, 0.2) is 0 Å². The second-order valence-electron chi connectivity index (χ2n) is 3.70. The summed E-state index contributed by atoms with van der Waals surface area (Å²) < 4.78 is 26.7. The molecule has 1 aromatic carbocycles. The lowest BCUT2D eigenvalue weighted by Crippen LogP contribution is -2.27. The zero-order valence-electron chi connectivity index (χ0n) is 9.59. The van der Waals surface area contributed by atoms with Crippen LogP contribution in [0.1, 0.15) is 10.5 Å². The van der Waals surface area contributed by atoms with E-state index in [-0.39, 0.29) is 10.2 Å². The third kappa shape index (κ3) is 2.99. The van der Waals surface area contributed by atoms with Gasteiger partial charge in [0, 0.05) is 12.1 Å². The molecule has 20 heavy (non-hydrogen) atoms. The average Bonchev–Trinajstić information content (AvgIpc) is 2.34. The molecule has 1 heterocycles. The smallest absolute Gasteiger partial charge is 0.318 e. The van der Waals surface area contributed by atoms with Crippen LogP contribution in [-0.4, -0.2) is 15.9 Å². The van der Waals surface area contributed by atoms with E-state index in [1.165, 1.54) is 0 Å². The van der Waals surface area contributed by atoms with E-state index in [1.807, 2.05) is 4.98 Å². The zero-order chi connectivity index (χ0) is 14.9. The molecule has 2 aromatic rings. The van der Waals surface area contributed by atoms with E-state index in [0.29, 0.717) is 0 Å². The van der Waals surface area contributed by atoms with Gasteiger partial charge < -0.3 is 10.3 Å². The van der Waals surface area contributed by atoms with Gasteiger partial charge in [0.1, 0.15) is 17.3 Å². The molecular formula is C11H6BrF2N3O3. The molecule has 0 radical (unpaired) electrons. The van der Waals surface area contributed by atoms with Crippen molar-refractivity contribution in [2.45, 2.75) is 0 Å². The van der Waals surface area contributed by atoms with Gasteiger partial charge in [0.2, 0.25) is 0 Å². The topological polar surface area (TPSA) is 94.8 Å². The quantitative estimate of drug-likeness (QED) is 0.717. The fraction of sp³-hybridized carbons (Fsp3) is 0. The molecule has 0 bridgehead atoms. The van der Waals surface area contributed by atoms with Crippen LogP contribution < -0.4 is 16.6 Å². The maximum absolute atomic E-state index is 13.5. The first-order valence-electron chi connectivity index (χ1n) is 5.16. The van der Waals surface area contributed by atoms with Crippen molar-refractivity contribution in [2.24, 2.45) is 0 Å². The van der Waals surface area contributed by atoms with Crippen molar-refractivity contribution < 1.29 is 13.6 Å². The van der Waals surface area contributed by atoms with Gasteiger partial charge in [-0.3, -0.25) is 14.6 Å². The lowest BCUT2D eigenvalue weighted by atomic mass is 10.2. The highest BCUT2D eigenvalue weighted by Gasteiger charge is 2.13. The number of benzene rings is 1. The second-order valence-corrected chi connectivity index (χ2v) is 4.56. The number of anilines is 1. The normalized spacial score (nSPS) is 10.3. The molecule has 0 aliphatic carbocycles. The van der Waals surface area contributed by atoms with E-state index in [0.717, 1.165) is 18.2 Å². The number of hydrogen-bond donors (Lipinski definition) is 3.